The van der Waals surface area contributed by atoms with Gasteiger partial charge in [-0.1, -0.05) is 0 Å². The SMILES string of the molecule is COc1ccc(OC)c(C2CCCN2CC(=O)NCc2cc(OC)c(OC)cc2OC)c1. The van der Waals surface area contributed by atoms with E-state index in [4.69, 9.17) is 23.7 Å². The summed E-state index contributed by atoms with van der Waals surface area (Å²) in [5, 5.41) is 3.00. The third-order valence-electron chi connectivity index (χ3n) is 5.77. The summed E-state index contributed by atoms with van der Waals surface area (Å²) in [5.74, 6) is 3.31. The lowest BCUT2D eigenvalue weighted by Crippen LogP contribution is -2.36. The fraction of sp³-hybridized carbons (Fsp3) is 0.458. The number of carbonyl (C=O) groups excluding carboxylic acids is 1. The highest BCUT2D eigenvalue weighted by molar-refractivity contribution is 5.78. The van der Waals surface area contributed by atoms with Crippen LogP contribution in [0, 0.1) is 0 Å². The largest absolute Gasteiger partial charge is 0.497 e. The zero-order valence-corrected chi connectivity index (χ0v) is 19.4. The molecule has 2 aromatic rings. The van der Waals surface area contributed by atoms with Gasteiger partial charge in [0.25, 0.3) is 0 Å². The van der Waals surface area contributed by atoms with E-state index in [1.54, 1.807) is 41.6 Å². The minimum absolute atomic E-state index is 0.0596. The van der Waals surface area contributed by atoms with Crippen molar-refractivity contribution in [2.24, 2.45) is 0 Å². The number of rotatable bonds is 10. The Balaban J connectivity index is 1.69. The first-order valence-electron chi connectivity index (χ1n) is 10.6. The van der Waals surface area contributed by atoms with E-state index in [1.807, 2.05) is 24.3 Å². The molecule has 1 atom stereocenters. The molecule has 1 fully saturated rings. The van der Waals surface area contributed by atoms with E-state index >= 15 is 0 Å². The van der Waals surface area contributed by atoms with Gasteiger partial charge in [-0.2, -0.15) is 0 Å². The van der Waals surface area contributed by atoms with Crippen LogP contribution in [0.1, 0.15) is 30.0 Å². The molecule has 1 heterocycles. The lowest BCUT2D eigenvalue weighted by atomic mass is 10.0. The van der Waals surface area contributed by atoms with Gasteiger partial charge in [-0.05, 0) is 43.7 Å². The monoisotopic (exact) mass is 444 g/mol. The van der Waals surface area contributed by atoms with Gasteiger partial charge in [0.1, 0.15) is 17.2 Å². The minimum Gasteiger partial charge on any atom is -0.497 e. The molecule has 1 amide bonds. The number of amides is 1. The Morgan fingerprint density at radius 3 is 2.25 bits per heavy atom. The summed E-state index contributed by atoms with van der Waals surface area (Å²) in [7, 11) is 8.04. The summed E-state index contributed by atoms with van der Waals surface area (Å²) < 4.78 is 27.1. The van der Waals surface area contributed by atoms with Gasteiger partial charge < -0.3 is 29.0 Å². The molecule has 0 spiro atoms. The lowest BCUT2D eigenvalue weighted by molar-refractivity contribution is -0.122. The predicted molar refractivity (Wildman–Crippen MR) is 121 cm³/mol. The number of hydrogen-bond acceptors (Lipinski definition) is 7. The second kappa shape index (κ2) is 10.9. The van der Waals surface area contributed by atoms with Crippen LogP contribution in [-0.4, -0.2) is 59.4 Å². The third kappa shape index (κ3) is 5.19. The van der Waals surface area contributed by atoms with Crippen LogP contribution in [0.2, 0.25) is 0 Å². The smallest absolute Gasteiger partial charge is 0.234 e. The normalized spacial score (nSPS) is 15.8. The van der Waals surface area contributed by atoms with Crippen LogP contribution < -0.4 is 29.0 Å². The van der Waals surface area contributed by atoms with E-state index in [0.29, 0.717) is 30.3 Å². The Labute approximate surface area is 189 Å². The maximum absolute atomic E-state index is 12.8. The molecule has 0 aliphatic carbocycles. The molecular formula is C24H32N2O6. The molecule has 1 aliphatic rings. The van der Waals surface area contributed by atoms with E-state index < -0.39 is 0 Å². The van der Waals surface area contributed by atoms with Crippen molar-refractivity contribution >= 4 is 5.91 Å². The van der Waals surface area contributed by atoms with Gasteiger partial charge in [-0.15, -0.1) is 0 Å². The second-order valence-electron chi connectivity index (χ2n) is 7.53. The zero-order chi connectivity index (χ0) is 23.1. The first kappa shape index (κ1) is 23.5. The fourth-order valence-electron chi connectivity index (χ4n) is 4.13. The van der Waals surface area contributed by atoms with Crippen molar-refractivity contribution in [2.75, 3.05) is 48.6 Å². The standard InChI is InChI=1S/C24H32N2O6/c1-28-17-8-9-20(29-2)18(12-17)19-7-6-10-26(19)15-24(27)25-14-16-11-22(31-4)23(32-5)13-21(16)30-3/h8-9,11-13,19H,6-7,10,14-15H2,1-5H3,(H,25,27). The molecule has 8 heteroatoms. The number of nitrogens with one attached hydrogen (secondary N) is 1. The van der Waals surface area contributed by atoms with E-state index in [2.05, 4.69) is 10.2 Å². The molecule has 1 aliphatic heterocycles. The summed E-state index contributed by atoms with van der Waals surface area (Å²) in [5.41, 5.74) is 1.85. The summed E-state index contributed by atoms with van der Waals surface area (Å²) >= 11 is 0. The van der Waals surface area contributed by atoms with E-state index in [0.717, 1.165) is 42.0 Å². The highest BCUT2D eigenvalue weighted by Gasteiger charge is 2.30. The lowest BCUT2D eigenvalue weighted by Gasteiger charge is -2.26. The average molecular weight is 445 g/mol. The summed E-state index contributed by atoms with van der Waals surface area (Å²) in [4.78, 5) is 15.0. The number of methoxy groups -OCH3 is 5. The topological polar surface area (TPSA) is 78.5 Å². The number of ether oxygens (including phenoxy) is 5. The van der Waals surface area contributed by atoms with Crippen LogP contribution in [0.4, 0.5) is 0 Å². The fourth-order valence-corrected chi connectivity index (χ4v) is 4.13. The quantitative estimate of drug-likeness (QED) is 0.603. The summed E-state index contributed by atoms with van der Waals surface area (Å²) in [6.07, 6.45) is 1.97. The minimum atomic E-state index is -0.0596. The van der Waals surface area contributed by atoms with Crippen LogP contribution in [0.3, 0.4) is 0 Å². The molecule has 0 radical (unpaired) electrons. The van der Waals surface area contributed by atoms with Crippen molar-refractivity contribution in [1.29, 1.82) is 0 Å². The molecule has 0 aromatic heterocycles. The van der Waals surface area contributed by atoms with Crippen LogP contribution in [0.15, 0.2) is 30.3 Å². The van der Waals surface area contributed by atoms with Crippen molar-refractivity contribution in [3.05, 3.63) is 41.5 Å². The van der Waals surface area contributed by atoms with E-state index in [9.17, 15) is 4.79 Å². The number of hydrogen-bond donors (Lipinski definition) is 1. The number of likely N-dealkylation sites (tertiary alicyclic amines) is 1. The molecule has 0 saturated carbocycles. The molecule has 174 valence electrons. The summed E-state index contributed by atoms with van der Waals surface area (Å²) in [6.45, 7) is 1.46. The first-order valence-corrected chi connectivity index (χ1v) is 10.6. The van der Waals surface area contributed by atoms with Crippen molar-refractivity contribution in [2.45, 2.75) is 25.4 Å². The highest BCUT2D eigenvalue weighted by Crippen LogP contribution is 2.39. The maximum atomic E-state index is 12.8. The molecule has 1 saturated heterocycles. The van der Waals surface area contributed by atoms with Crippen LogP contribution in [-0.2, 0) is 11.3 Å². The Kier molecular flexibility index (Phi) is 8.05. The molecule has 3 rings (SSSR count). The van der Waals surface area contributed by atoms with Gasteiger partial charge in [0.15, 0.2) is 11.5 Å². The van der Waals surface area contributed by atoms with Gasteiger partial charge in [0.05, 0.1) is 42.1 Å². The molecule has 1 N–H and O–H groups in total. The van der Waals surface area contributed by atoms with Gasteiger partial charge in [0, 0.05) is 29.8 Å². The maximum Gasteiger partial charge on any atom is 0.234 e. The average Bonchev–Trinajstić information content (AvgIpc) is 3.29. The van der Waals surface area contributed by atoms with Gasteiger partial charge in [-0.3, -0.25) is 9.69 Å². The Morgan fingerprint density at radius 2 is 1.59 bits per heavy atom. The van der Waals surface area contributed by atoms with Gasteiger partial charge in [0.2, 0.25) is 5.91 Å². The third-order valence-corrected chi connectivity index (χ3v) is 5.77. The van der Waals surface area contributed by atoms with E-state index in [-0.39, 0.29) is 11.9 Å². The van der Waals surface area contributed by atoms with E-state index in [1.165, 1.54) is 0 Å². The second-order valence-corrected chi connectivity index (χ2v) is 7.53. The molecule has 2 aromatic carbocycles. The van der Waals surface area contributed by atoms with Crippen molar-refractivity contribution in [3.63, 3.8) is 0 Å². The van der Waals surface area contributed by atoms with Gasteiger partial charge >= 0.3 is 0 Å². The number of carbonyl (C=O) groups is 1. The number of benzene rings is 2. The van der Waals surface area contributed by atoms with Crippen molar-refractivity contribution in [1.82, 2.24) is 10.2 Å². The molecule has 32 heavy (non-hydrogen) atoms. The molecule has 0 bridgehead atoms. The predicted octanol–water partition coefficient (Wildman–Crippen LogP) is 3.18. The molecular weight excluding hydrogens is 412 g/mol. The van der Waals surface area contributed by atoms with Crippen LogP contribution in [0.25, 0.3) is 0 Å². The van der Waals surface area contributed by atoms with Crippen molar-refractivity contribution in [3.8, 4) is 28.7 Å². The Bertz CT molecular complexity index is 933. The molecule has 8 nitrogen and oxygen atoms in total. The van der Waals surface area contributed by atoms with Crippen molar-refractivity contribution < 1.29 is 28.5 Å². The zero-order valence-electron chi connectivity index (χ0n) is 19.4. The first-order chi connectivity index (χ1) is 15.5. The van der Waals surface area contributed by atoms with Gasteiger partial charge in [-0.25, -0.2) is 0 Å². The van der Waals surface area contributed by atoms with Crippen LogP contribution in [0.5, 0.6) is 28.7 Å². The Morgan fingerprint density at radius 1 is 0.906 bits per heavy atom. The number of nitrogens with zero attached hydrogens (tertiary/aromatic N) is 1. The van der Waals surface area contributed by atoms with Crippen LogP contribution >= 0.6 is 0 Å². The molecule has 1 unspecified atom stereocenters. The Hall–Kier alpha value is -3.13. The highest BCUT2D eigenvalue weighted by atomic mass is 16.5. The summed E-state index contributed by atoms with van der Waals surface area (Å²) in [6, 6.07) is 9.46.